The van der Waals surface area contributed by atoms with E-state index in [1.807, 2.05) is 0 Å². The number of hydrogen-bond acceptors (Lipinski definition) is 3. The molecule has 0 aromatic carbocycles. The molecule has 21 heavy (non-hydrogen) atoms. The molecular weight excluding hydrogens is 381 g/mol. The van der Waals surface area contributed by atoms with Crippen LogP contribution in [0.25, 0.3) is 0 Å². The van der Waals surface area contributed by atoms with Gasteiger partial charge in [-0.15, -0.1) is 24.0 Å². The third-order valence-corrected chi connectivity index (χ3v) is 2.96. The second kappa shape index (κ2) is 17.5. The number of aliphatic imine (C=N–C) groups is 1. The van der Waals surface area contributed by atoms with E-state index in [1.165, 1.54) is 32.1 Å². The summed E-state index contributed by atoms with van der Waals surface area (Å²) >= 11 is 0. The third kappa shape index (κ3) is 17.4. The zero-order chi connectivity index (χ0) is 15.1. The lowest BCUT2D eigenvalue weighted by atomic mass is 10.1. The molecule has 0 aromatic rings. The van der Waals surface area contributed by atoms with Crippen molar-refractivity contribution in [3.05, 3.63) is 0 Å². The van der Waals surface area contributed by atoms with Gasteiger partial charge in [-0.05, 0) is 19.8 Å². The molecule has 6 heteroatoms. The lowest BCUT2D eigenvalue weighted by Gasteiger charge is -2.05. The molecule has 3 N–H and O–H groups in total. The van der Waals surface area contributed by atoms with E-state index in [9.17, 15) is 4.79 Å². The number of nitrogens with zero attached hydrogens (tertiary/aromatic N) is 1. The zero-order valence-electron chi connectivity index (χ0n) is 13.5. The first-order valence-corrected chi connectivity index (χ1v) is 7.90. The first kappa shape index (κ1) is 22.7. The Hall–Kier alpha value is -0.530. The summed E-state index contributed by atoms with van der Waals surface area (Å²) in [6.45, 7) is 5.90. The maximum absolute atomic E-state index is 11.1. The van der Waals surface area contributed by atoms with Crippen LogP contribution in [0.3, 0.4) is 0 Å². The number of carbonyl (C=O) groups excluding carboxylic acids is 1. The highest BCUT2D eigenvalue weighted by Gasteiger charge is 2.00. The van der Waals surface area contributed by atoms with Gasteiger partial charge in [0.05, 0.1) is 6.61 Å². The highest BCUT2D eigenvalue weighted by atomic mass is 127. The highest BCUT2D eigenvalue weighted by Crippen LogP contribution is 2.03. The smallest absolute Gasteiger partial charge is 0.305 e. The van der Waals surface area contributed by atoms with Gasteiger partial charge in [-0.25, -0.2) is 0 Å². The molecule has 0 atom stereocenters. The fraction of sp³-hybridized carbons (Fsp3) is 0.867. The number of carbonyl (C=O) groups is 1. The van der Waals surface area contributed by atoms with Gasteiger partial charge < -0.3 is 15.8 Å². The molecule has 0 saturated heterocycles. The number of ether oxygens (including phenoxy) is 1. The molecule has 0 heterocycles. The van der Waals surface area contributed by atoms with Crippen LogP contribution >= 0.6 is 24.0 Å². The SMILES string of the molecule is CCCCCCCCNC(N)=NCCCC(=O)OCC.I. The van der Waals surface area contributed by atoms with Crippen molar-refractivity contribution in [1.82, 2.24) is 5.32 Å². The van der Waals surface area contributed by atoms with Gasteiger partial charge in [-0.3, -0.25) is 9.79 Å². The molecule has 0 radical (unpaired) electrons. The molecule has 0 aliphatic rings. The Kier molecular flexibility index (Phi) is 19.0. The highest BCUT2D eigenvalue weighted by molar-refractivity contribution is 14.0. The summed E-state index contributed by atoms with van der Waals surface area (Å²) in [4.78, 5) is 15.3. The van der Waals surface area contributed by atoms with Crippen LogP contribution in [0.15, 0.2) is 4.99 Å². The second-order valence-electron chi connectivity index (χ2n) is 4.87. The quantitative estimate of drug-likeness (QED) is 0.169. The van der Waals surface area contributed by atoms with Crippen molar-refractivity contribution in [3.8, 4) is 0 Å². The van der Waals surface area contributed by atoms with Crippen LogP contribution in [0.1, 0.15) is 65.2 Å². The molecule has 0 bridgehead atoms. The number of hydrogen-bond donors (Lipinski definition) is 2. The van der Waals surface area contributed by atoms with Gasteiger partial charge >= 0.3 is 5.97 Å². The molecule has 5 nitrogen and oxygen atoms in total. The topological polar surface area (TPSA) is 76.7 Å². The molecule has 0 unspecified atom stereocenters. The molecule has 0 amide bonds. The van der Waals surface area contributed by atoms with Crippen LogP contribution in [-0.2, 0) is 9.53 Å². The predicted molar refractivity (Wildman–Crippen MR) is 99.2 cm³/mol. The molecule has 0 spiro atoms. The van der Waals surface area contributed by atoms with E-state index in [1.54, 1.807) is 6.92 Å². The molecule has 0 saturated carbocycles. The van der Waals surface area contributed by atoms with E-state index in [-0.39, 0.29) is 29.9 Å². The Morgan fingerprint density at radius 1 is 1.10 bits per heavy atom. The molecular formula is C15H32IN3O2. The maximum atomic E-state index is 11.1. The van der Waals surface area contributed by atoms with Crippen LogP contribution in [0.5, 0.6) is 0 Å². The average molecular weight is 413 g/mol. The Bertz CT molecular complexity index is 274. The molecule has 0 aromatic heterocycles. The molecule has 126 valence electrons. The van der Waals surface area contributed by atoms with Gasteiger partial charge in [0.25, 0.3) is 0 Å². The summed E-state index contributed by atoms with van der Waals surface area (Å²) in [5, 5.41) is 3.10. The molecule has 0 rings (SSSR count). The van der Waals surface area contributed by atoms with Crippen LogP contribution < -0.4 is 11.1 Å². The minimum absolute atomic E-state index is 0. The van der Waals surface area contributed by atoms with E-state index in [0.717, 1.165) is 13.0 Å². The van der Waals surface area contributed by atoms with E-state index in [4.69, 9.17) is 10.5 Å². The summed E-state index contributed by atoms with van der Waals surface area (Å²) in [6.07, 6.45) is 8.69. The van der Waals surface area contributed by atoms with Crippen molar-refractivity contribution in [2.75, 3.05) is 19.7 Å². The predicted octanol–water partition coefficient (Wildman–Crippen LogP) is 3.21. The zero-order valence-corrected chi connectivity index (χ0v) is 15.9. The number of nitrogens with two attached hydrogens (primary N) is 1. The molecule has 0 aliphatic carbocycles. The van der Waals surface area contributed by atoms with Crippen LogP contribution in [-0.4, -0.2) is 31.6 Å². The monoisotopic (exact) mass is 413 g/mol. The summed E-state index contributed by atoms with van der Waals surface area (Å²) in [7, 11) is 0. The standard InChI is InChI=1S/C15H31N3O2.HI/c1-3-5-6-7-8-9-12-17-15(16)18-13-10-11-14(19)20-4-2;/h3-13H2,1-2H3,(H3,16,17,18);1H. The number of nitrogens with one attached hydrogen (secondary N) is 1. The average Bonchev–Trinajstić information content (AvgIpc) is 2.43. The lowest BCUT2D eigenvalue weighted by Crippen LogP contribution is -2.32. The van der Waals surface area contributed by atoms with Crippen molar-refractivity contribution in [2.45, 2.75) is 65.2 Å². The summed E-state index contributed by atoms with van der Waals surface area (Å²) in [5.41, 5.74) is 5.73. The Morgan fingerprint density at radius 2 is 1.76 bits per heavy atom. The lowest BCUT2D eigenvalue weighted by molar-refractivity contribution is -0.143. The largest absolute Gasteiger partial charge is 0.466 e. The number of unbranched alkanes of at least 4 members (excludes halogenated alkanes) is 5. The van der Waals surface area contributed by atoms with Crippen molar-refractivity contribution >= 4 is 35.9 Å². The van der Waals surface area contributed by atoms with Crippen molar-refractivity contribution in [2.24, 2.45) is 10.7 Å². The maximum Gasteiger partial charge on any atom is 0.305 e. The van der Waals surface area contributed by atoms with Gasteiger partial charge in [-0.2, -0.15) is 0 Å². The van der Waals surface area contributed by atoms with Crippen molar-refractivity contribution in [1.29, 1.82) is 0 Å². The fourth-order valence-corrected chi connectivity index (χ4v) is 1.83. The molecule has 0 fully saturated rings. The van der Waals surface area contributed by atoms with E-state index < -0.39 is 0 Å². The van der Waals surface area contributed by atoms with Crippen molar-refractivity contribution in [3.63, 3.8) is 0 Å². The van der Waals surface area contributed by atoms with Crippen LogP contribution in [0.4, 0.5) is 0 Å². The van der Waals surface area contributed by atoms with Crippen molar-refractivity contribution < 1.29 is 9.53 Å². The second-order valence-corrected chi connectivity index (χ2v) is 4.87. The summed E-state index contributed by atoms with van der Waals surface area (Å²) in [6, 6.07) is 0. The van der Waals surface area contributed by atoms with Gasteiger partial charge in [0.1, 0.15) is 0 Å². The fourth-order valence-electron chi connectivity index (χ4n) is 1.83. The first-order valence-electron chi connectivity index (χ1n) is 7.90. The van der Waals surface area contributed by atoms with Gasteiger partial charge in [0, 0.05) is 19.5 Å². The van der Waals surface area contributed by atoms with E-state index in [0.29, 0.717) is 32.0 Å². The Balaban J connectivity index is 0. The molecule has 0 aliphatic heterocycles. The van der Waals surface area contributed by atoms with Crippen LogP contribution in [0, 0.1) is 0 Å². The third-order valence-electron chi connectivity index (χ3n) is 2.96. The number of halogens is 1. The normalized spacial score (nSPS) is 10.9. The Labute approximate surface area is 146 Å². The minimum atomic E-state index is -0.165. The Morgan fingerprint density at radius 3 is 2.43 bits per heavy atom. The number of esters is 1. The minimum Gasteiger partial charge on any atom is -0.466 e. The van der Waals surface area contributed by atoms with Gasteiger partial charge in [0.15, 0.2) is 5.96 Å². The summed E-state index contributed by atoms with van der Waals surface area (Å²) in [5.74, 6) is 0.309. The first-order chi connectivity index (χ1) is 9.70. The van der Waals surface area contributed by atoms with E-state index in [2.05, 4.69) is 17.2 Å². The number of rotatable bonds is 12. The van der Waals surface area contributed by atoms with E-state index >= 15 is 0 Å². The van der Waals surface area contributed by atoms with Crippen LogP contribution in [0.2, 0.25) is 0 Å². The van der Waals surface area contributed by atoms with Gasteiger partial charge in [0.2, 0.25) is 0 Å². The summed E-state index contributed by atoms with van der Waals surface area (Å²) < 4.78 is 4.83. The number of guanidine groups is 1. The van der Waals surface area contributed by atoms with Gasteiger partial charge in [-0.1, -0.05) is 39.0 Å².